The number of rotatable bonds is 5. The SMILES string of the molecule is CCOc1ccc(/C=N/Nc2cn[nH]c(=O)n2)cc1Cl. The van der Waals surface area contributed by atoms with Crippen LogP contribution in [0.3, 0.4) is 0 Å². The molecule has 2 N–H and O–H groups in total. The summed E-state index contributed by atoms with van der Waals surface area (Å²) in [4.78, 5) is 14.5. The van der Waals surface area contributed by atoms with Crippen molar-refractivity contribution >= 4 is 23.6 Å². The van der Waals surface area contributed by atoms with E-state index in [0.717, 1.165) is 5.56 Å². The summed E-state index contributed by atoms with van der Waals surface area (Å²) in [5.41, 5.74) is 2.83. The molecule has 8 heteroatoms. The molecule has 0 unspecified atom stereocenters. The van der Waals surface area contributed by atoms with Gasteiger partial charge in [0.15, 0.2) is 5.82 Å². The first-order valence-corrected chi connectivity index (χ1v) is 6.20. The monoisotopic (exact) mass is 293 g/mol. The van der Waals surface area contributed by atoms with Crippen LogP contribution >= 0.6 is 11.6 Å². The standard InChI is InChI=1S/C12H12ClN5O2/c1-2-20-10-4-3-8(5-9(10)13)6-14-17-11-7-15-18-12(19)16-11/h3-7H,2H2,1H3,(H2,16,17,18,19)/b14-6+. The maximum absolute atomic E-state index is 10.9. The van der Waals surface area contributed by atoms with Crippen LogP contribution in [0.2, 0.25) is 5.02 Å². The number of hydrogen-bond acceptors (Lipinski definition) is 6. The van der Waals surface area contributed by atoms with Gasteiger partial charge in [-0.3, -0.25) is 5.43 Å². The van der Waals surface area contributed by atoms with Crippen LogP contribution in [0.15, 0.2) is 34.3 Å². The Hall–Kier alpha value is -2.41. The molecule has 1 heterocycles. The fourth-order valence-electron chi connectivity index (χ4n) is 1.41. The van der Waals surface area contributed by atoms with Crippen molar-refractivity contribution in [2.75, 3.05) is 12.0 Å². The zero-order chi connectivity index (χ0) is 14.4. The van der Waals surface area contributed by atoms with Crippen molar-refractivity contribution in [2.24, 2.45) is 5.10 Å². The Kier molecular flexibility index (Phi) is 4.67. The number of nitrogens with one attached hydrogen (secondary N) is 2. The van der Waals surface area contributed by atoms with Gasteiger partial charge < -0.3 is 4.74 Å². The minimum atomic E-state index is -0.547. The predicted molar refractivity (Wildman–Crippen MR) is 76.5 cm³/mol. The molecular formula is C12H12ClN5O2. The van der Waals surface area contributed by atoms with Crippen LogP contribution in [0.4, 0.5) is 5.82 Å². The molecule has 0 saturated carbocycles. The second kappa shape index (κ2) is 6.67. The fourth-order valence-corrected chi connectivity index (χ4v) is 1.65. The first-order chi connectivity index (χ1) is 9.69. The topological polar surface area (TPSA) is 92.3 Å². The van der Waals surface area contributed by atoms with Crippen molar-refractivity contribution in [2.45, 2.75) is 6.92 Å². The minimum Gasteiger partial charge on any atom is -0.492 e. The average Bonchev–Trinajstić information content (AvgIpc) is 2.42. The lowest BCUT2D eigenvalue weighted by Crippen LogP contribution is -2.13. The van der Waals surface area contributed by atoms with Gasteiger partial charge in [0, 0.05) is 0 Å². The Morgan fingerprint density at radius 2 is 2.40 bits per heavy atom. The molecule has 2 aromatic rings. The van der Waals surface area contributed by atoms with E-state index in [1.165, 1.54) is 6.20 Å². The largest absolute Gasteiger partial charge is 0.492 e. The van der Waals surface area contributed by atoms with Gasteiger partial charge in [0.1, 0.15) is 5.75 Å². The summed E-state index contributed by atoms with van der Waals surface area (Å²) in [6, 6.07) is 5.30. The summed E-state index contributed by atoms with van der Waals surface area (Å²) in [5, 5.41) is 10.2. The summed E-state index contributed by atoms with van der Waals surface area (Å²) in [5.74, 6) is 0.877. The van der Waals surface area contributed by atoms with Gasteiger partial charge in [-0.25, -0.2) is 9.89 Å². The summed E-state index contributed by atoms with van der Waals surface area (Å²) in [6.45, 7) is 2.44. The number of benzene rings is 1. The number of halogens is 1. The first-order valence-electron chi connectivity index (χ1n) is 5.82. The fraction of sp³-hybridized carbons (Fsp3) is 0.167. The summed E-state index contributed by atoms with van der Waals surface area (Å²) < 4.78 is 5.33. The molecule has 0 aliphatic carbocycles. The van der Waals surface area contributed by atoms with Crippen LogP contribution in [-0.4, -0.2) is 28.0 Å². The van der Waals surface area contributed by atoms with Gasteiger partial charge in [-0.05, 0) is 30.7 Å². The van der Waals surface area contributed by atoms with Gasteiger partial charge in [-0.1, -0.05) is 11.6 Å². The zero-order valence-electron chi connectivity index (χ0n) is 10.6. The average molecular weight is 294 g/mol. The van der Waals surface area contributed by atoms with Crippen LogP contribution in [0, 0.1) is 0 Å². The van der Waals surface area contributed by atoms with Crippen molar-refractivity contribution in [3.05, 3.63) is 45.5 Å². The van der Waals surface area contributed by atoms with Gasteiger partial charge in [-0.15, -0.1) is 0 Å². The molecule has 104 valence electrons. The number of H-pyrrole nitrogens is 1. The number of anilines is 1. The second-order valence-electron chi connectivity index (χ2n) is 3.67. The summed E-state index contributed by atoms with van der Waals surface area (Å²) >= 11 is 6.05. The van der Waals surface area contributed by atoms with Gasteiger partial charge in [0.2, 0.25) is 0 Å². The maximum atomic E-state index is 10.9. The van der Waals surface area contributed by atoms with Crippen molar-refractivity contribution in [3.8, 4) is 5.75 Å². The predicted octanol–water partition coefficient (Wildman–Crippen LogP) is 1.66. The molecule has 0 bridgehead atoms. The molecule has 0 spiro atoms. The van der Waals surface area contributed by atoms with Crippen molar-refractivity contribution in [1.82, 2.24) is 15.2 Å². The Morgan fingerprint density at radius 3 is 3.10 bits per heavy atom. The third-order valence-corrected chi connectivity index (χ3v) is 2.51. The molecule has 2 rings (SSSR count). The lowest BCUT2D eigenvalue weighted by Gasteiger charge is -2.05. The van der Waals surface area contributed by atoms with E-state index in [1.54, 1.807) is 18.3 Å². The van der Waals surface area contributed by atoms with Gasteiger partial charge in [-0.2, -0.15) is 15.2 Å². The van der Waals surface area contributed by atoms with Crippen LogP contribution < -0.4 is 15.9 Å². The zero-order valence-corrected chi connectivity index (χ0v) is 11.4. The van der Waals surface area contributed by atoms with E-state index in [-0.39, 0.29) is 5.82 Å². The number of aromatic nitrogens is 3. The van der Waals surface area contributed by atoms with Crippen molar-refractivity contribution in [3.63, 3.8) is 0 Å². The Labute approximate surface area is 119 Å². The highest BCUT2D eigenvalue weighted by molar-refractivity contribution is 6.32. The number of hydrazone groups is 1. The molecule has 0 saturated heterocycles. The first kappa shape index (κ1) is 14.0. The van der Waals surface area contributed by atoms with E-state index >= 15 is 0 Å². The molecule has 7 nitrogen and oxygen atoms in total. The molecule has 0 aliphatic heterocycles. The molecule has 0 atom stereocenters. The molecule has 1 aromatic carbocycles. The molecule has 0 fully saturated rings. The highest BCUT2D eigenvalue weighted by atomic mass is 35.5. The Balaban J connectivity index is 2.04. The highest BCUT2D eigenvalue weighted by Gasteiger charge is 2.01. The molecule has 1 aromatic heterocycles. The molecule has 0 aliphatic rings. The van der Waals surface area contributed by atoms with Crippen LogP contribution in [0.25, 0.3) is 0 Å². The van der Waals surface area contributed by atoms with Gasteiger partial charge in [0.05, 0.1) is 24.0 Å². The maximum Gasteiger partial charge on any atom is 0.363 e. The number of nitrogens with zero attached hydrogens (tertiary/aromatic N) is 3. The van der Waals surface area contributed by atoms with Crippen molar-refractivity contribution < 1.29 is 4.74 Å². The summed E-state index contributed by atoms with van der Waals surface area (Å²) in [6.07, 6.45) is 2.90. The van der Waals surface area contributed by atoms with Gasteiger partial charge in [0.25, 0.3) is 0 Å². The Bertz CT molecular complexity index is 671. The minimum absolute atomic E-state index is 0.252. The van der Waals surface area contributed by atoms with E-state index in [2.05, 4.69) is 25.7 Å². The molecule has 20 heavy (non-hydrogen) atoms. The second-order valence-corrected chi connectivity index (χ2v) is 4.07. The van der Waals surface area contributed by atoms with E-state index in [9.17, 15) is 4.79 Å². The normalized spacial score (nSPS) is 10.7. The van der Waals surface area contributed by atoms with Crippen LogP contribution in [-0.2, 0) is 0 Å². The van der Waals surface area contributed by atoms with E-state index in [0.29, 0.717) is 17.4 Å². The third kappa shape index (κ3) is 3.79. The molecule has 0 radical (unpaired) electrons. The van der Waals surface area contributed by atoms with Crippen molar-refractivity contribution in [1.29, 1.82) is 0 Å². The summed E-state index contributed by atoms with van der Waals surface area (Å²) in [7, 11) is 0. The molecule has 0 amide bonds. The number of ether oxygens (including phenoxy) is 1. The number of aromatic amines is 1. The smallest absolute Gasteiger partial charge is 0.363 e. The van der Waals surface area contributed by atoms with E-state index in [1.807, 2.05) is 13.0 Å². The lowest BCUT2D eigenvalue weighted by molar-refractivity contribution is 0.340. The van der Waals surface area contributed by atoms with E-state index < -0.39 is 5.69 Å². The van der Waals surface area contributed by atoms with Crippen LogP contribution in [0.1, 0.15) is 12.5 Å². The molecular weight excluding hydrogens is 282 g/mol. The van der Waals surface area contributed by atoms with Gasteiger partial charge >= 0.3 is 5.69 Å². The van der Waals surface area contributed by atoms with E-state index in [4.69, 9.17) is 16.3 Å². The number of hydrogen-bond donors (Lipinski definition) is 2. The lowest BCUT2D eigenvalue weighted by atomic mass is 10.2. The quantitative estimate of drug-likeness (QED) is 0.646. The third-order valence-electron chi connectivity index (χ3n) is 2.22. The van der Waals surface area contributed by atoms with Crippen LogP contribution in [0.5, 0.6) is 5.75 Å². The highest BCUT2D eigenvalue weighted by Crippen LogP contribution is 2.24. The Morgan fingerprint density at radius 1 is 1.55 bits per heavy atom.